The number of amides is 1. The van der Waals surface area contributed by atoms with Gasteiger partial charge in [-0.15, -0.1) is 0 Å². The normalized spacial score (nSPS) is 18.7. The Balaban J connectivity index is 2.44. The number of piperazine rings is 1. The quantitative estimate of drug-likeness (QED) is 0.771. The minimum atomic E-state index is -0.822. The van der Waals surface area contributed by atoms with E-state index in [2.05, 4.69) is 11.8 Å². The minimum absolute atomic E-state index is 0.0825. The van der Waals surface area contributed by atoms with Gasteiger partial charge in [-0.1, -0.05) is 13.8 Å². The molecule has 0 spiro atoms. The summed E-state index contributed by atoms with van der Waals surface area (Å²) in [5, 5.41) is 8.69. The first-order valence-electron chi connectivity index (χ1n) is 6.81. The molecule has 5 heteroatoms. The summed E-state index contributed by atoms with van der Waals surface area (Å²) in [5.74, 6) is -0.819. The summed E-state index contributed by atoms with van der Waals surface area (Å²) < 4.78 is 0. The van der Waals surface area contributed by atoms with Crippen LogP contribution in [-0.2, 0) is 9.59 Å². The Morgan fingerprint density at radius 1 is 1.17 bits per heavy atom. The Kier molecular flexibility index (Phi) is 6.12. The smallest absolute Gasteiger partial charge is 0.303 e. The summed E-state index contributed by atoms with van der Waals surface area (Å²) in [6.45, 7) is 8.51. The fourth-order valence-corrected chi connectivity index (χ4v) is 2.34. The molecule has 1 saturated heterocycles. The molecule has 0 radical (unpaired) electrons. The number of carbonyl (C=O) groups excluding carboxylic acids is 1. The average Bonchev–Trinajstić information content (AvgIpc) is 2.39. The first-order chi connectivity index (χ1) is 8.58. The molecule has 0 aromatic rings. The number of carbonyl (C=O) groups is 2. The summed E-state index contributed by atoms with van der Waals surface area (Å²) in [7, 11) is 0. The molecule has 0 aliphatic carbocycles. The molecule has 18 heavy (non-hydrogen) atoms. The van der Waals surface area contributed by atoms with Gasteiger partial charge in [-0.3, -0.25) is 9.59 Å². The number of nitrogens with zero attached hydrogens (tertiary/aromatic N) is 2. The molecule has 0 saturated carbocycles. The lowest BCUT2D eigenvalue weighted by Crippen LogP contribution is -2.50. The van der Waals surface area contributed by atoms with E-state index in [1.807, 2.05) is 11.8 Å². The third kappa shape index (κ3) is 4.29. The summed E-state index contributed by atoms with van der Waals surface area (Å²) in [4.78, 5) is 27.0. The van der Waals surface area contributed by atoms with Gasteiger partial charge < -0.3 is 14.9 Å². The minimum Gasteiger partial charge on any atom is -0.481 e. The summed E-state index contributed by atoms with van der Waals surface area (Å²) in [6, 6.07) is 0. The van der Waals surface area contributed by atoms with E-state index < -0.39 is 5.97 Å². The van der Waals surface area contributed by atoms with Gasteiger partial charge in [0, 0.05) is 38.5 Å². The van der Waals surface area contributed by atoms with Crippen LogP contribution in [0.4, 0.5) is 0 Å². The van der Waals surface area contributed by atoms with Crippen LogP contribution in [0.15, 0.2) is 0 Å². The highest BCUT2D eigenvalue weighted by Gasteiger charge is 2.26. The molecule has 104 valence electrons. The van der Waals surface area contributed by atoms with Crippen LogP contribution in [-0.4, -0.2) is 59.5 Å². The van der Waals surface area contributed by atoms with Crippen molar-refractivity contribution in [3.05, 3.63) is 0 Å². The number of aliphatic carboxylic acids is 1. The second-order valence-electron chi connectivity index (χ2n) is 4.80. The molecular formula is C13H24N2O3. The van der Waals surface area contributed by atoms with Crippen LogP contribution >= 0.6 is 0 Å². The average molecular weight is 256 g/mol. The maximum Gasteiger partial charge on any atom is 0.303 e. The van der Waals surface area contributed by atoms with E-state index in [9.17, 15) is 9.59 Å². The Hall–Kier alpha value is -1.10. The molecule has 1 aliphatic rings. The number of hydrogen-bond donors (Lipinski definition) is 1. The zero-order valence-electron chi connectivity index (χ0n) is 11.4. The van der Waals surface area contributed by atoms with Crippen molar-refractivity contribution >= 4 is 11.9 Å². The Labute approximate surface area is 109 Å². The molecule has 0 aromatic carbocycles. The van der Waals surface area contributed by atoms with Gasteiger partial charge in [0.2, 0.25) is 5.91 Å². The van der Waals surface area contributed by atoms with Gasteiger partial charge in [-0.25, -0.2) is 0 Å². The van der Waals surface area contributed by atoms with Gasteiger partial charge in [-0.05, 0) is 19.4 Å². The van der Waals surface area contributed by atoms with E-state index in [-0.39, 0.29) is 18.2 Å². The van der Waals surface area contributed by atoms with Crippen LogP contribution in [0.1, 0.15) is 33.1 Å². The van der Waals surface area contributed by atoms with Gasteiger partial charge in [0.1, 0.15) is 0 Å². The van der Waals surface area contributed by atoms with Gasteiger partial charge in [0.25, 0.3) is 0 Å². The Morgan fingerprint density at radius 2 is 1.78 bits per heavy atom. The van der Waals surface area contributed by atoms with Crippen LogP contribution in [0.25, 0.3) is 0 Å². The standard InChI is InChI=1S/C13H24N2O3/c1-3-11(5-6-12(16)17)13(18)15-9-7-14(4-2)8-10-15/h11H,3-10H2,1-2H3,(H,16,17). The fourth-order valence-electron chi connectivity index (χ4n) is 2.34. The lowest BCUT2D eigenvalue weighted by atomic mass is 9.98. The zero-order chi connectivity index (χ0) is 13.5. The van der Waals surface area contributed by atoms with Crippen LogP contribution in [0.3, 0.4) is 0 Å². The van der Waals surface area contributed by atoms with Crippen molar-refractivity contribution in [3.63, 3.8) is 0 Å². The lowest BCUT2D eigenvalue weighted by Gasteiger charge is -2.35. The monoisotopic (exact) mass is 256 g/mol. The molecule has 1 unspecified atom stereocenters. The first kappa shape index (κ1) is 15.0. The number of likely N-dealkylation sites (N-methyl/N-ethyl adjacent to an activating group) is 1. The van der Waals surface area contributed by atoms with Gasteiger partial charge in [0.15, 0.2) is 0 Å². The van der Waals surface area contributed by atoms with E-state index in [1.165, 1.54) is 0 Å². The highest BCUT2D eigenvalue weighted by Crippen LogP contribution is 2.16. The molecule has 1 amide bonds. The summed E-state index contributed by atoms with van der Waals surface area (Å²) >= 11 is 0. The highest BCUT2D eigenvalue weighted by molar-refractivity contribution is 5.79. The molecule has 1 heterocycles. The van der Waals surface area contributed by atoms with Crippen molar-refractivity contribution in [2.75, 3.05) is 32.7 Å². The second kappa shape index (κ2) is 7.36. The SMILES string of the molecule is CCC(CCC(=O)O)C(=O)N1CCN(CC)CC1. The van der Waals surface area contributed by atoms with Crippen LogP contribution < -0.4 is 0 Å². The fraction of sp³-hybridized carbons (Fsp3) is 0.846. The molecule has 1 rings (SSSR count). The molecule has 1 fully saturated rings. The maximum atomic E-state index is 12.3. The molecular weight excluding hydrogens is 232 g/mol. The summed E-state index contributed by atoms with van der Waals surface area (Å²) in [6.07, 6.45) is 1.26. The van der Waals surface area contributed by atoms with Gasteiger partial charge >= 0.3 is 5.97 Å². The van der Waals surface area contributed by atoms with Crippen LogP contribution in [0.5, 0.6) is 0 Å². The van der Waals surface area contributed by atoms with Crippen molar-refractivity contribution < 1.29 is 14.7 Å². The largest absolute Gasteiger partial charge is 0.481 e. The molecule has 0 bridgehead atoms. The van der Waals surface area contributed by atoms with Crippen LogP contribution in [0, 0.1) is 5.92 Å². The number of hydrogen-bond acceptors (Lipinski definition) is 3. The van der Waals surface area contributed by atoms with E-state index in [0.717, 1.165) is 39.1 Å². The topological polar surface area (TPSA) is 60.9 Å². The first-order valence-corrected chi connectivity index (χ1v) is 6.81. The van der Waals surface area contributed by atoms with E-state index in [1.54, 1.807) is 0 Å². The third-order valence-corrected chi connectivity index (χ3v) is 3.68. The van der Waals surface area contributed by atoms with E-state index in [4.69, 9.17) is 5.11 Å². The lowest BCUT2D eigenvalue weighted by molar-refractivity contribution is -0.139. The number of carboxylic acid groups (broad SMARTS) is 1. The Bertz CT molecular complexity index is 286. The van der Waals surface area contributed by atoms with E-state index in [0.29, 0.717) is 6.42 Å². The predicted molar refractivity (Wildman–Crippen MR) is 69.3 cm³/mol. The van der Waals surface area contributed by atoms with Crippen molar-refractivity contribution in [3.8, 4) is 0 Å². The molecule has 0 aromatic heterocycles. The molecule has 1 atom stereocenters. The third-order valence-electron chi connectivity index (χ3n) is 3.68. The van der Waals surface area contributed by atoms with Crippen molar-refractivity contribution in [2.24, 2.45) is 5.92 Å². The number of carboxylic acids is 1. The van der Waals surface area contributed by atoms with Crippen molar-refractivity contribution in [2.45, 2.75) is 33.1 Å². The van der Waals surface area contributed by atoms with Crippen molar-refractivity contribution in [1.29, 1.82) is 0 Å². The maximum absolute atomic E-state index is 12.3. The van der Waals surface area contributed by atoms with Gasteiger partial charge in [-0.2, -0.15) is 0 Å². The predicted octanol–water partition coefficient (Wildman–Crippen LogP) is 1.04. The summed E-state index contributed by atoms with van der Waals surface area (Å²) in [5.41, 5.74) is 0. The van der Waals surface area contributed by atoms with E-state index >= 15 is 0 Å². The second-order valence-corrected chi connectivity index (χ2v) is 4.80. The zero-order valence-corrected chi connectivity index (χ0v) is 11.4. The van der Waals surface area contributed by atoms with Crippen LogP contribution in [0.2, 0.25) is 0 Å². The van der Waals surface area contributed by atoms with Gasteiger partial charge in [0.05, 0.1) is 0 Å². The number of rotatable bonds is 6. The van der Waals surface area contributed by atoms with Crippen molar-refractivity contribution in [1.82, 2.24) is 9.80 Å². The highest BCUT2D eigenvalue weighted by atomic mass is 16.4. The molecule has 5 nitrogen and oxygen atoms in total. The molecule has 1 N–H and O–H groups in total. The Morgan fingerprint density at radius 3 is 2.22 bits per heavy atom. The molecule has 1 aliphatic heterocycles.